The number of ether oxygens (including phenoxy) is 1. The average molecular weight is 247 g/mol. The van der Waals surface area contributed by atoms with Crippen molar-refractivity contribution in [3.63, 3.8) is 0 Å². The number of amides is 1. The quantitative estimate of drug-likeness (QED) is 0.825. The monoisotopic (exact) mass is 247 g/mol. The average Bonchev–Trinajstić information content (AvgIpc) is 2.86. The van der Waals surface area contributed by atoms with Crippen molar-refractivity contribution in [3.8, 4) is 0 Å². The van der Waals surface area contributed by atoms with Gasteiger partial charge in [-0.15, -0.1) is 0 Å². The van der Waals surface area contributed by atoms with Gasteiger partial charge in [-0.05, 0) is 5.56 Å². The molecule has 1 aliphatic heterocycles. The normalized spacial score (nSPS) is 17.8. The zero-order chi connectivity index (χ0) is 13.0. The lowest BCUT2D eigenvalue weighted by Crippen LogP contribution is -2.41. The van der Waals surface area contributed by atoms with Gasteiger partial charge in [-0.3, -0.25) is 4.90 Å². The van der Waals surface area contributed by atoms with Crippen LogP contribution in [0.15, 0.2) is 42.5 Å². The lowest BCUT2D eigenvalue weighted by atomic mass is 10.2. The van der Waals surface area contributed by atoms with Gasteiger partial charge in [0.25, 0.3) is 0 Å². The van der Waals surface area contributed by atoms with Crippen molar-refractivity contribution in [1.29, 1.82) is 0 Å². The van der Waals surface area contributed by atoms with Gasteiger partial charge in [0.2, 0.25) is 0 Å². The third-order valence-electron chi connectivity index (χ3n) is 2.65. The van der Waals surface area contributed by atoms with Crippen molar-refractivity contribution in [2.75, 3.05) is 6.54 Å². The van der Waals surface area contributed by atoms with Crippen LogP contribution in [-0.4, -0.2) is 34.7 Å². The Balaban J connectivity index is 1.91. The molecule has 0 bridgehead atoms. The summed E-state index contributed by atoms with van der Waals surface area (Å²) in [6.45, 7) is 0.410. The number of carbonyl (C=O) groups excluding carboxylic acids is 1. The van der Waals surface area contributed by atoms with Crippen LogP contribution in [0.1, 0.15) is 5.56 Å². The van der Waals surface area contributed by atoms with Crippen molar-refractivity contribution in [1.82, 2.24) is 4.90 Å². The van der Waals surface area contributed by atoms with Crippen LogP contribution >= 0.6 is 0 Å². The fourth-order valence-corrected chi connectivity index (χ4v) is 1.73. The number of rotatable bonds is 3. The van der Waals surface area contributed by atoms with E-state index in [1.807, 2.05) is 30.3 Å². The highest BCUT2D eigenvalue weighted by molar-refractivity contribution is 5.83. The van der Waals surface area contributed by atoms with Crippen LogP contribution in [0.25, 0.3) is 0 Å². The van der Waals surface area contributed by atoms with Crippen molar-refractivity contribution in [2.24, 2.45) is 0 Å². The van der Waals surface area contributed by atoms with Crippen molar-refractivity contribution >= 4 is 12.1 Å². The topological polar surface area (TPSA) is 66.8 Å². The molecule has 0 spiro atoms. The van der Waals surface area contributed by atoms with Crippen LogP contribution in [-0.2, 0) is 16.1 Å². The molecule has 5 heteroatoms. The van der Waals surface area contributed by atoms with Crippen LogP contribution in [0, 0.1) is 0 Å². The zero-order valence-corrected chi connectivity index (χ0v) is 9.65. The highest BCUT2D eigenvalue weighted by Crippen LogP contribution is 2.12. The summed E-state index contributed by atoms with van der Waals surface area (Å²) in [6, 6.07) is 8.32. The first-order valence-electron chi connectivity index (χ1n) is 5.55. The van der Waals surface area contributed by atoms with E-state index < -0.39 is 18.1 Å². The molecule has 1 amide bonds. The summed E-state index contributed by atoms with van der Waals surface area (Å²) in [6.07, 6.45) is 2.51. The van der Waals surface area contributed by atoms with Gasteiger partial charge in [0.05, 0.1) is 0 Å². The zero-order valence-electron chi connectivity index (χ0n) is 9.65. The number of carbonyl (C=O) groups is 2. The molecule has 0 saturated carbocycles. The van der Waals surface area contributed by atoms with E-state index in [2.05, 4.69) is 0 Å². The lowest BCUT2D eigenvalue weighted by molar-refractivity contribution is -0.140. The second-order valence-corrected chi connectivity index (χ2v) is 3.90. The second-order valence-electron chi connectivity index (χ2n) is 3.90. The number of carboxylic acids is 1. The van der Waals surface area contributed by atoms with Gasteiger partial charge in [0.15, 0.2) is 6.04 Å². The van der Waals surface area contributed by atoms with E-state index in [1.165, 1.54) is 11.0 Å². The van der Waals surface area contributed by atoms with E-state index in [0.717, 1.165) is 5.56 Å². The van der Waals surface area contributed by atoms with Gasteiger partial charge in [0, 0.05) is 6.54 Å². The van der Waals surface area contributed by atoms with E-state index in [1.54, 1.807) is 6.08 Å². The van der Waals surface area contributed by atoms with E-state index in [-0.39, 0.29) is 13.2 Å². The van der Waals surface area contributed by atoms with Crippen molar-refractivity contribution in [2.45, 2.75) is 12.6 Å². The van der Waals surface area contributed by atoms with Crippen molar-refractivity contribution < 1.29 is 19.4 Å². The molecule has 94 valence electrons. The number of nitrogens with zero attached hydrogens (tertiary/aromatic N) is 1. The largest absolute Gasteiger partial charge is 0.479 e. The molecule has 5 nitrogen and oxygen atoms in total. The minimum Gasteiger partial charge on any atom is -0.479 e. The first kappa shape index (κ1) is 12.2. The van der Waals surface area contributed by atoms with Crippen LogP contribution in [0.2, 0.25) is 0 Å². The highest BCUT2D eigenvalue weighted by Gasteiger charge is 2.31. The summed E-state index contributed by atoms with van der Waals surface area (Å²) < 4.78 is 5.08. The Hall–Kier alpha value is -2.30. The number of hydrogen-bond donors (Lipinski definition) is 1. The first-order valence-corrected chi connectivity index (χ1v) is 5.55. The maximum absolute atomic E-state index is 11.7. The molecular formula is C13H13NO4. The molecule has 1 unspecified atom stereocenters. The summed E-state index contributed by atoms with van der Waals surface area (Å²) in [5.41, 5.74) is 0.866. The van der Waals surface area contributed by atoms with Crippen LogP contribution < -0.4 is 0 Å². The molecular weight excluding hydrogens is 234 g/mol. The Morgan fingerprint density at radius 1 is 1.33 bits per heavy atom. The van der Waals surface area contributed by atoms with Gasteiger partial charge in [-0.2, -0.15) is 0 Å². The Labute approximate surface area is 104 Å². The third kappa shape index (κ3) is 2.68. The Kier molecular flexibility index (Phi) is 3.62. The van der Waals surface area contributed by atoms with E-state index in [9.17, 15) is 9.59 Å². The summed E-state index contributed by atoms with van der Waals surface area (Å²) in [7, 11) is 0. The molecule has 0 fully saturated rings. The standard InChI is InChI=1S/C13H13NO4/c15-12(16)11-7-4-8-14(11)13(17)18-9-10-5-2-1-3-6-10/h1-7,11H,8-9H2,(H,15,16). The SMILES string of the molecule is O=C(O)C1C=CCN1C(=O)OCc1ccccc1. The molecule has 0 radical (unpaired) electrons. The van der Waals surface area contributed by atoms with Crippen LogP contribution in [0.5, 0.6) is 0 Å². The molecule has 0 aliphatic carbocycles. The lowest BCUT2D eigenvalue weighted by Gasteiger charge is -2.20. The molecule has 2 rings (SSSR count). The highest BCUT2D eigenvalue weighted by atomic mass is 16.6. The fourth-order valence-electron chi connectivity index (χ4n) is 1.73. The number of benzene rings is 1. The van der Waals surface area contributed by atoms with Crippen LogP contribution in [0.4, 0.5) is 4.79 Å². The number of carboxylic acid groups (broad SMARTS) is 1. The van der Waals surface area contributed by atoms with Crippen molar-refractivity contribution in [3.05, 3.63) is 48.0 Å². The minimum absolute atomic E-state index is 0.141. The predicted octanol–water partition coefficient (Wildman–Crippen LogP) is 1.65. The van der Waals surface area contributed by atoms with E-state index in [0.29, 0.717) is 0 Å². The first-order chi connectivity index (χ1) is 8.68. The molecule has 1 heterocycles. The molecule has 18 heavy (non-hydrogen) atoms. The predicted molar refractivity (Wildman–Crippen MR) is 63.9 cm³/mol. The Bertz CT molecular complexity index is 469. The summed E-state index contributed by atoms with van der Waals surface area (Å²) in [4.78, 5) is 23.8. The summed E-state index contributed by atoms with van der Waals surface area (Å²) >= 11 is 0. The van der Waals surface area contributed by atoms with Gasteiger partial charge >= 0.3 is 12.1 Å². The maximum Gasteiger partial charge on any atom is 0.411 e. The third-order valence-corrected chi connectivity index (χ3v) is 2.65. The van der Waals surface area contributed by atoms with E-state index >= 15 is 0 Å². The van der Waals surface area contributed by atoms with Gasteiger partial charge in [-0.25, -0.2) is 9.59 Å². The molecule has 1 aromatic rings. The fraction of sp³-hybridized carbons (Fsp3) is 0.231. The molecule has 1 N–H and O–H groups in total. The second kappa shape index (κ2) is 5.35. The summed E-state index contributed by atoms with van der Waals surface area (Å²) in [5, 5.41) is 8.92. The molecule has 1 aromatic carbocycles. The maximum atomic E-state index is 11.7. The van der Waals surface area contributed by atoms with Crippen LogP contribution in [0.3, 0.4) is 0 Å². The minimum atomic E-state index is -1.06. The molecule has 1 atom stereocenters. The smallest absolute Gasteiger partial charge is 0.411 e. The Morgan fingerprint density at radius 3 is 2.72 bits per heavy atom. The van der Waals surface area contributed by atoms with E-state index in [4.69, 9.17) is 9.84 Å². The van der Waals surface area contributed by atoms with Gasteiger partial charge in [-0.1, -0.05) is 42.5 Å². The molecule has 0 aromatic heterocycles. The number of aliphatic carboxylic acids is 1. The summed E-state index contributed by atoms with van der Waals surface area (Å²) in [5.74, 6) is -1.06. The number of hydrogen-bond acceptors (Lipinski definition) is 3. The van der Waals surface area contributed by atoms with Gasteiger partial charge < -0.3 is 9.84 Å². The molecule has 1 aliphatic rings. The van der Waals surface area contributed by atoms with Gasteiger partial charge in [0.1, 0.15) is 6.61 Å². The Morgan fingerprint density at radius 2 is 2.06 bits per heavy atom. The molecule has 0 saturated heterocycles.